The molecule has 4 atom stereocenters. The number of fused-ring (bicyclic) bond motifs is 1. The fraction of sp³-hybridized carbons (Fsp3) is 0.429. The monoisotopic (exact) mass is 492 g/mol. The summed E-state index contributed by atoms with van der Waals surface area (Å²) in [5.74, 6) is 6.67. The Morgan fingerprint density at radius 2 is 2.20 bits per heavy atom. The van der Waals surface area contributed by atoms with Crippen LogP contribution in [0.15, 0.2) is 48.0 Å². The topological polar surface area (TPSA) is 82.9 Å². The number of aliphatic carboxylic acids is 1. The first-order valence-electron chi connectivity index (χ1n) is 12.0. The molecule has 3 aromatic rings. The number of aliphatic hydroxyl groups is 1. The summed E-state index contributed by atoms with van der Waals surface area (Å²) in [5.41, 5.74) is 1.65. The molecule has 1 fully saturated rings. The second-order valence-electron chi connectivity index (χ2n) is 9.18. The molecule has 2 N–H and O–H groups in total. The first-order valence-corrected chi connectivity index (χ1v) is 12.9. The lowest BCUT2D eigenvalue weighted by Gasteiger charge is -2.43. The van der Waals surface area contributed by atoms with Crippen molar-refractivity contribution in [2.45, 2.75) is 44.8 Å². The van der Waals surface area contributed by atoms with Gasteiger partial charge in [0.1, 0.15) is 5.75 Å². The van der Waals surface area contributed by atoms with Gasteiger partial charge in [0.05, 0.1) is 30.2 Å². The molecule has 6 nitrogen and oxygen atoms in total. The lowest BCUT2D eigenvalue weighted by Crippen LogP contribution is -2.48. The minimum atomic E-state index is -0.772. The molecule has 0 amide bonds. The van der Waals surface area contributed by atoms with E-state index in [1.54, 1.807) is 24.6 Å². The zero-order valence-electron chi connectivity index (χ0n) is 20.2. The Morgan fingerprint density at radius 1 is 1.34 bits per heavy atom. The fourth-order valence-corrected chi connectivity index (χ4v) is 5.80. The van der Waals surface area contributed by atoms with Crippen LogP contribution in [0.2, 0.25) is 0 Å². The van der Waals surface area contributed by atoms with Crippen molar-refractivity contribution in [3.05, 3.63) is 58.4 Å². The number of likely N-dealkylation sites (tertiary alicyclic amines) is 1. The minimum absolute atomic E-state index is 0.0197. The molecule has 0 bridgehead atoms. The highest BCUT2D eigenvalue weighted by Crippen LogP contribution is 2.37. The fourth-order valence-electron chi connectivity index (χ4n) is 5.20. The standard InChI is InChI=1S/C28H32N2O4S/c1-19-24(18-28(32)33)20(12-15-30(19)14-3-5-22-6-4-16-35-22)7-10-27(31)23-11-13-29-26-9-8-21(34-2)17-25(23)26/h4,6,8-9,11,13,16-17,19-20,24,27,31H,7,10,12,14-15,18H2,1-2H3,(H,32,33)/t19?,20-,24+,27?/m1/s1. The van der Waals surface area contributed by atoms with Crippen LogP contribution in [0.25, 0.3) is 10.9 Å². The van der Waals surface area contributed by atoms with E-state index in [9.17, 15) is 15.0 Å². The number of rotatable bonds is 8. The van der Waals surface area contributed by atoms with E-state index in [1.807, 2.05) is 41.8 Å². The lowest BCUT2D eigenvalue weighted by molar-refractivity contribution is -0.140. The molecule has 184 valence electrons. The number of carbonyl (C=O) groups is 1. The predicted octanol–water partition coefficient (Wildman–Crippen LogP) is 4.97. The number of aromatic nitrogens is 1. The number of carboxylic acids is 1. The molecule has 0 spiro atoms. The Bertz CT molecular complexity index is 1200. The van der Waals surface area contributed by atoms with Gasteiger partial charge in [0, 0.05) is 24.0 Å². The van der Waals surface area contributed by atoms with Crippen LogP contribution in [0.3, 0.4) is 0 Å². The number of methoxy groups -OCH3 is 1. The zero-order chi connectivity index (χ0) is 24.8. The van der Waals surface area contributed by atoms with Crippen LogP contribution in [-0.2, 0) is 4.79 Å². The summed E-state index contributed by atoms with van der Waals surface area (Å²) >= 11 is 1.63. The molecule has 1 saturated heterocycles. The molecule has 3 heterocycles. The average Bonchev–Trinajstić information content (AvgIpc) is 3.38. The second-order valence-corrected chi connectivity index (χ2v) is 10.1. The molecule has 1 aliphatic heterocycles. The number of benzene rings is 1. The summed E-state index contributed by atoms with van der Waals surface area (Å²) in [5, 5.41) is 23.6. The van der Waals surface area contributed by atoms with E-state index in [0.29, 0.717) is 13.0 Å². The number of carboxylic acid groups (broad SMARTS) is 1. The summed E-state index contributed by atoms with van der Waals surface area (Å²) in [6.45, 7) is 3.63. The SMILES string of the molecule is COc1ccc2nccc(C(O)CC[C@@H]3CCN(CC#Cc4cccs4)C(C)[C@@H]3CC(=O)O)c2c1. The van der Waals surface area contributed by atoms with Crippen LogP contribution in [0.1, 0.15) is 49.2 Å². The first kappa shape index (κ1) is 25.2. The normalized spacial score (nSPS) is 21.3. The van der Waals surface area contributed by atoms with Gasteiger partial charge in [-0.05, 0) is 85.8 Å². The maximum absolute atomic E-state index is 11.7. The molecule has 7 heteroatoms. The number of pyridine rings is 1. The summed E-state index contributed by atoms with van der Waals surface area (Å²) in [6.07, 6.45) is 3.45. The van der Waals surface area contributed by atoms with E-state index >= 15 is 0 Å². The van der Waals surface area contributed by atoms with Gasteiger partial charge >= 0.3 is 5.97 Å². The maximum Gasteiger partial charge on any atom is 0.303 e. The Kier molecular flexibility index (Phi) is 8.40. The summed E-state index contributed by atoms with van der Waals surface area (Å²) in [6, 6.07) is 11.6. The molecule has 2 unspecified atom stereocenters. The van der Waals surface area contributed by atoms with Gasteiger partial charge in [0.15, 0.2) is 0 Å². The van der Waals surface area contributed by atoms with Crippen molar-refractivity contribution < 1.29 is 19.7 Å². The van der Waals surface area contributed by atoms with Gasteiger partial charge in [0.2, 0.25) is 0 Å². The Balaban J connectivity index is 1.43. The lowest BCUT2D eigenvalue weighted by atomic mass is 9.75. The number of thiophene rings is 1. The molecule has 2 aromatic heterocycles. The number of hydrogen-bond acceptors (Lipinski definition) is 6. The van der Waals surface area contributed by atoms with Gasteiger partial charge in [-0.3, -0.25) is 14.7 Å². The van der Waals surface area contributed by atoms with Crippen molar-refractivity contribution in [1.82, 2.24) is 9.88 Å². The zero-order valence-corrected chi connectivity index (χ0v) is 21.0. The molecule has 0 saturated carbocycles. The number of aliphatic hydroxyl groups excluding tert-OH is 1. The summed E-state index contributed by atoms with van der Waals surface area (Å²) < 4.78 is 5.36. The van der Waals surface area contributed by atoms with Crippen molar-refractivity contribution in [2.75, 3.05) is 20.2 Å². The Morgan fingerprint density at radius 3 is 2.94 bits per heavy atom. The van der Waals surface area contributed by atoms with Gasteiger partial charge in [-0.2, -0.15) is 0 Å². The van der Waals surface area contributed by atoms with Crippen LogP contribution in [0.4, 0.5) is 0 Å². The van der Waals surface area contributed by atoms with E-state index in [0.717, 1.165) is 46.5 Å². The average molecular weight is 493 g/mol. The van der Waals surface area contributed by atoms with Crippen molar-refractivity contribution in [3.63, 3.8) is 0 Å². The third-order valence-electron chi connectivity index (χ3n) is 7.17. The summed E-state index contributed by atoms with van der Waals surface area (Å²) in [4.78, 5) is 19.4. The van der Waals surface area contributed by atoms with E-state index in [-0.39, 0.29) is 24.3 Å². The van der Waals surface area contributed by atoms with Crippen molar-refractivity contribution >= 4 is 28.2 Å². The van der Waals surface area contributed by atoms with Gasteiger partial charge in [-0.15, -0.1) is 11.3 Å². The number of piperidine rings is 1. The third kappa shape index (κ3) is 6.21. The Labute approximate surface area is 210 Å². The minimum Gasteiger partial charge on any atom is -0.497 e. The van der Waals surface area contributed by atoms with Crippen molar-refractivity contribution in [1.29, 1.82) is 0 Å². The molecule has 1 aromatic carbocycles. The molecular weight excluding hydrogens is 460 g/mol. The van der Waals surface area contributed by atoms with Gasteiger partial charge in [0.25, 0.3) is 0 Å². The summed E-state index contributed by atoms with van der Waals surface area (Å²) in [7, 11) is 1.62. The van der Waals surface area contributed by atoms with Crippen LogP contribution in [0.5, 0.6) is 5.75 Å². The van der Waals surface area contributed by atoms with Gasteiger partial charge in [-0.1, -0.05) is 17.9 Å². The molecule has 0 aliphatic carbocycles. The van der Waals surface area contributed by atoms with Crippen molar-refractivity contribution in [2.24, 2.45) is 11.8 Å². The second kappa shape index (κ2) is 11.7. The molecule has 1 aliphatic rings. The number of ether oxygens (including phenoxy) is 1. The van der Waals surface area contributed by atoms with E-state index in [4.69, 9.17) is 4.74 Å². The van der Waals surface area contributed by atoms with Crippen molar-refractivity contribution in [3.8, 4) is 17.6 Å². The highest BCUT2D eigenvalue weighted by molar-refractivity contribution is 7.10. The van der Waals surface area contributed by atoms with Crippen LogP contribution >= 0.6 is 11.3 Å². The van der Waals surface area contributed by atoms with Gasteiger partial charge < -0.3 is 14.9 Å². The number of hydrogen-bond donors (Lipinski definition) is 2. The van der Waals surface area contributed by atoms with Gasteiger partial charge in [-0.25, -0.2) is 0 Å². The van der Waals surface area contributed by atoms with Crippen LogP contribution in [-0.4, -0.2) is 52.3 Å². The predicted molar refractivity (Wildman–Crippen MR) is 139 cm³/mol. The van der Waals surface area contributed by atoms with Crippen LogP contribution < -0.4 is 4.74 Å². The smallest absolute Gasteiger partial charge is 0.303 e. The highest BCUT2D eigenvalue weighted by atomic mass is 32.1. The Hall–Kier alpha value is -2.92. The third-order valence-corrected chi connectivity index (χ3v) is 7.95. The maximum atomic E-state index is 11.7. The molecular formula is C28H32N2O4S. The highest BCUT2D eigenvalue weighted by Gasteiger charge is 2.36. The van der Waals surface area contributed by atoms with E-state index < -0.39 is 12.1 Å². The first-order chi connectivity index (χ1) is 17.0. The largest absolute Gasteiger partial charge is 0.497 e. The molecule has 4 rings (SSSR count). The quantitative estimate of drug-likeness (QED) is 0.432. The van der Waals surface area contributed by atoms with E-state index in [2.05, 4.69) is 28.6 Å². The van der Waals surface area contributed by atoms with E-state index in [1.165, 1.54) is 0 Å². The molecule has 0 radical (unpaired) electrons. The molecule has 35 heavy (non-hydrogen) atoms. The number of nitrogens with zero attached hydrogens (tertiary/aromatic N) is 2. The van der Waals surface area contributed by atoms with Crippen LogP contribution in [0, 0.1) is 23.7 Å².